The van der Waals surface area contributed by atoms with Gasteiger partial charge in [-0.15, -0.1) is 0 Å². The molecule has 0 fully saturated rings. The van der Waals surface area contributed by atoms with E-state index >= 15 is 0 Å². The zero-order valence-corrected chi connectivity index (χ0v) is 18.5. The van der Waals surface area contributed by atoms with Crippen molar-refractivity contribution < 1.29 is 0 Å². The van der Waals surface area contributed by atoms with Gasteiger partial charge in [0.1, 0.15) is 0 Å². The smallest absolute Gasteiger partial charge is 0.00197 e. The molecule has 0 aliphatic heterocycles. The Bertz CT molecular complexity index is 2050. The lowest BCUT2D eigenvalue weighted by Crippen LogP contribution is -1.90. The predicted molar refractivity (Wildman–Crippen MR) is 148 cm³/mol. The molecule has 0 heteroatoms. The monoisotopic (exact) mass is 428 g/mol. The molecule has 0 nitrogen and oxygen atoms in total. The minimum atomic E-state index is 1.26. The number of fused-ring (bicyclic) bond motifs is 6. The molecule has 0 aliphatic carbocycles. The molecule has 0 aromatic heterocycles. The highest BCUT2D eigenvalue weighted by Gasteiger charge is 2.17. The van der Waals surface area contributed by atoms with Crippen LogP contribution in [0.5, 0.6) is 0 Å². The first-order chi connectivity index (χ1) is 16.9. The summed E-state index contributed by atoms with van der Waals surface area (Å²) in [6, 6.07) is 44.7. The fourth-order valence-electron chi connectivity index (χ4n) is 6.16. The molecule has 156 valence electrons. The van der Waals surface area contributed by atoms with Gasteiger partial charge in [-0.1, -0.05) is 109 Å². The molecule has 0 aliphatic rings. The van der Waals surface area contributed by atoms with Gasteiger partial charge in [-0.3, -0.25) is 0 Å². The number of hydrogen-bond acceptors (Lipinski definition) is 0. The molecule has 0 bridgehead atoms. The van der Waals surface area contributed by atoms with Crippen molar-refractivity contribution in [3.05, 3.63) is 121 Å². The molecule has 0 N–H and O–H groups in total. The summed E-state index contributed by atoms with van der Waals surface area (Å²) in [6.07, 6.45) is 0. The van der Waals surface area contributed by atoms with E-state index in [1.54, 1.807) is 0 Å². The maximum absolute atomic E-state index is 2.42. The van der Waals surface area contributed by atoms with Gasteiger partial charge in [0.2, 0.25) is 0 Å². The van der Waals surface area contributed by atoms with Crippen LogP contribution in [0.4, 0.5) is 0 Å². The highest BCUT2D eigenvalue weighted by Crippen LogP contribution is 2.46. The van der Waals surface area contributed by atoms with E-state index in [2.05, 4.69) is 121 Å². The minimum absolute atomic E-state index is 1.26. The second-order valence-electron chi connectivity index (χ2n) is 9.30. The van der Waals surface area contributed by atoms with E-state index in [1.807, 2.05) is 0 Å². The van der Waals surface area contributed by atoms with E-state index in [0.717, 1.165) is 0 Å². The molecule has 0 atom stereocenters. The Labute approximate surface area is 197 Å². The quantitative estimate of drug-likeness (QED) is 0.180. The van der Waals surface area contributed by atoms with Gasteiger partial charge >= 0.3 is 0 Å². The van der Waals surface area contributed by atoms with Crippen LogP contribution in [0.3, 0.4) is 0 Å². The Morgan fingerprint density at radius 2 is 0.824 bits per heavy atom. The van der Waals surface area contributed by atoms with E-state index in [4.69, 9.17) is 0 Å². The van der Waals surface area contributed by atoms with Crippen molar-refractivity contribution in [1.82, 2.24) is 0 Å². The fourth-order valence-corrected chi connectivity index (χ4v) is 6.16. The van der Waals surface area contributed by atoms with Crippen molar-refractivity contribution >= 4 is 64.6 Å². The third-order valence-corrected chi connectivity index (χ3v) is 7.55. The van der Waals surface area contributed by atoms with Gasteiger partial charge in [0.25, 0.3) is 0 Å². The lowest BCUT2D eigenvalue weighted by atomic mass is 9.85. The van der Waals surface area contributed by atoms with Crippen molar-refractivity contribution in [2.75, 3.05) is 0 Å². The van der Waals surface area contributed by atoms with Crippen LogP contribution in [0.15, 0.2) is 121 Å². The van der Waals surface area contributed by atoms with E-state index in [0.29, 0.717) is 0 Å². The summed E-state index contributed by atoms with van der Waals surface area (Å²) in [5.41, 5.74) is 2.56. The summed E-state index contributed by atoms with van der Waals surface area (Å²) in [7, 11) is 0. The Morgan fingerprint density at radius 1 is 0.294 bits per heavy atom. The minimum Gasteiger partial charge on any atom is -0.0622 e. The summed E-state index contributed by atoms with van der Waals surface area (Å²) in [6.45, 7) is 0. The topological polar surface area (TPSA) is 0 Å². The van der Waals surface area contributed by atoms with Crippen molar-refractivity contribution in [2.24, 2.45) is 0 Å². The summed E-state index contributed by atoms with van der Waals surface area (Å²) in [5, 5.41) is 16.0. The first kappa shape index (κ1) is 18.1. The molecule has 0 unspecified atom stereocenters. The van der Waals surface area contributed by atoms with Crippen molar-refractivity contribution in [2.45, 2.75) is 0 Å². The predicted octanol–water partition coefficient (Wildman–Crippen LogP) is 9.71. The first-order valence-corrected chi connectivity index (χ1v) is 11.9. The third-order valence-electron chi connectivity index (χ3n) is 7.55. The molecule has 0 saturated carbocycles. The van der Waals surface area contributed by atoms with E-state index in [9.17, 15) is 0 Å². The van der Waals surface area contributed by atoms with E-state index in [-0.39, 0.29) is 0 Å². The molecule has 0 heterocycles. The summed E-state index contributed by atoms with van der Waals surface area (Å²) < 4.78 is 0. The molecule has 0 radical (unpaired) electrons. The van der Waals surface area contributed by atoms with Gasteiger partial charge in [-0.05, 0) is 87.9 Å². The van der Waals surface area contributed by atoms with Crippen molar-refractivity contribution in [3.63, 3.8) is 0 Å². The van der Waals surface area contributed by atoms with Crippen LogP contribution in [0.2, 0.25) is 0 Å². The second-order valence-corrected chi connectivity index (χ2v) is 9.30. The van der Waals surface area contributed by atoms with Crippen LogP contribution in [-0.2, 0) is 0 Å². The molecule has 0 spiro atoms. The van der Waals surface area contributed by atoms with Crippen LogP contribution >= 0.6 is 0 Å². The highest BCUT2D eigenvalue weighted by molar-refractivity contribution is 6.39. The number of hydrogen-bond donors (Lipinski definition) is 0. The highest BCUT2D eigenvalue weighted by atomic mass is 14.2. The van der Waals surface area contributed by atoms with Gasteiger partial charge < -0.3 is 0 Å². The standard InChI is InChI=1S/C34H20/c1-2-9-21(10-3-1)25-14-6-12-23-20-31-27-16-7-15-26-24-13-5-4-11-22(24)19-30(33(26)27)28-17-8-18-29(32(23)25)34(28)31/h1-20H. The van der Waals surface area contributed by atoms with Crippen LogP contribution in [0, 0.1) is 0 Å². The maximum atomic E-state index is 2.42. The normalized spacial score (nSPS) is 12.1. The van der Waals surface area contributed by atoms with Crippen molar-refractivity contribution in [3.8, 4) is 11.1 Å². The molecular weight excluding hydrogens is 408 g/mol. The summed E-state index contributed by atoms with van der Waals surface area (Å²) in [5.74, 6) is 0. The molecule has 0 amide bonds. The SMILES string of the molecule is c1ccc(-c2cccc3cc4c5cccc6c7ccccc7cc(c7cccc(c23)c74)c65)cc1. The average Bonchev–Trinajstić information content (AvgIpc) is 2.91. The second kappa shape index (κ2) is 6.56. The van der Waals surface area contributed by atoms with Crippen LogP contribution in [0.1, 0.15) is 0 Å². The molecular formula is C34H20. The lowest BCUT2D eigenvalue weighted by molar-refractivity contribution is 1.66. The Morgan fingerprint density at radius 3 is 1.62 bits per heavy atom. The van der Waals surface area contributed by atoms with Gasteiger partial charge in [-0.2, -0.15) is 0 Å². The number of rotatable bonds is 1. The van der Waals surface area contributed by atoms with Gasteiger partial charge in [-0.25, -0.2) is 0 Å². The van der Waals surface area contributed by atoms with Crippen LogP contribution < -0.4 is 0 Å². The zero-order valence-electron chi connectivity index (χ0n) is 18.5. The Hall–Kier alpha value is -4.42. The zero-order chi connectivity index (χ0) is 22.2. The third kappa shape index (κ3) is 2.27. The van der Waals surface area contributed by atoms with Gasteiger partial charge in [0.05, 0.1) is 0 Å². The average molecular weight is 429 g/mol. The largest absolute Gasteiger partial charge is 0.0622 e. The fraction of sp³-hybridized carbons (Fsp3) is 0. The molecule has 0 saturated heterocycles. The molecule has 8 aromatic rings. The molecule has 34 heavy (non-hydrogen) atoms. The maximum Gasteiger partial charge on any atom is -0.00197 e. The van der Waals surface area contributed by atoms with Gasteiger partial charge in [0.15, 0.2) is 0 Å². The Kier molecular flexibility index (Phi) is 3.48. The van der Waals surface area contributed by atoms with E-state index in [1.165, 1.54) is 75.8 Å². The Balaban J connectivity index is 1.68. The molecule has 8 aromatic carbocycles. The molecule has 8 rings (SSSR count). The van der Waals surface area contributed by atoms with Crippen LogP contribution in [0.25, 0.3) is 75.8 Å². The lowest BCUT2D eigenvalue weighted by Gasteiger charge is -2.18. The summed E-state index contributed by atoms with van der Waals surface area (Å²) in [4.78, 5) is 0. The van der Waals surface area contributed by atoms with Gasteiger partial charge in [0, 0.05) is 0 Å². The first-order valence-electron chi connectivity index (χ1n) is 11.9. The van der Waals surface area contributed by atoms with Crippen LogP contribution in [-0.4, -0.2) is 0 Å². The van der Waals surface area contributed by atoms with Crippen molar-refractivity contribution in [1.29, 1.82) is 0 Å². The number of benzene rings is 8. The summed E-state index contributed by atoms with van der Waals surface area (Å²) >= 11 is 0. The van der Waals surface area contributed by atoms with E-state index < -0.39 is 0 Å².